The summed E-state index contributed by atoms with van der Waals surface area (Å²) in [5.74, 6) is 1.53. The molecule has 10 heteroatoms. The Bertz CT molecular complexity index is 688. The van der Waals surface area contributed by atoms with Gasteiger partial charge in [-0.05, 0) is 32.5 Å². The molecule has 1 aromatic carbocycles. The van der Waals surface area contributed by atoms with Crippen LogP contribution in [-0.2, 0) is 6.54 Å². The van der Waals surface area contributed by atoms with E-state index in [1.807, 2.05) is 21.0 Å². The summed E-state index contributed by atoms with van der Waals surface area (Å²) in [5, 5.41) is 6.49. The van der Waals surface area contributed by atoms with Crippen LogP contribution in [0.3, 0.4) is 0 Å². The highest BCUT2D eigenvalue weighted by Crippen LogP contribution is 2.39. The van der Waals surface area contributed by atoms with Gasteiger partial charge in [-0.2, -0.15) is 8.78 Å². The predicted octanol–water partition coefficient (Wildman–Crippen LogP) is 3.28. The Morgan fingerprint density at radius 2 is 1.90 bits per heavy atom. The fourth-order valence-corrected chi connectivity index (χ4v) is 3.04. The maximum Gasteiger partial charge on any atom is 0.387 e. The molecule has 0 aliphatic carbocycles. The highest BCUT2D eigenvalue weighted by molar-refractivity contribution is 14.0. The van der Waals surface area contributed by atoms with E-state index in [2.05, 4.69) is 39.1 Å². The highest BCUT2D eigenvalue weighted by atomic mass is 127. The quantitative estimate of drug-likeness (QED) is 0.292. The maximum absolute atomic E-state index is 12.8. The molecule has 0 atom stereocenters. The number of nitrogens with one attached hydrogen (secondary N) is 2. The van der Waals surface area contributed by atoms with Gasteiger partial charge in [0.25, 0.3) is 0 Å². The molecular weight excluding hydrogens is 497 g/mol. The Hall–Kier alpha value is -1.56. The molecule has 0 saturated heterocycles. The Balaban J connectivity index is 0.00000420. The summed E-state index contributed by atoms with van der Waals surface area (Å²) < 4.78 is 40.7. The SMILES string of the molecule is CCNC(=NCc1cc2c(cc1OC(F)F)OCO2)NCC(C)(C)CN(C)C.I. The maximum atomic E-state index is 12.8. The number of halogens is 3. The molecule has 1 heterocycles. The molecule has 29 heavy (non-hydrogen) atoms. The average molecular weight is 528 g/mol. The largest absolute Gasteiger partial charge is 0.454 e. The Morgan fingerprint density at radius 3 is 2.48 bits per heavy atom. The van der Waals surface area contributed by atoms with E-state index in [0.717, 1.165) is 6.54 Å². The normalized spacial score (nSPS) is 13.5. The second-order valence-corrected chi connectivity index (χ2v) is 7.64. The molecule has 0 fully saturated rings. The lowest BCUT2D eigenvalue weighted by Crippen LogP contribution is -2.44. The molecule has 1 aliphatic rings. The van der Waals surface area contributed by atoms with E-state index >= 15 is 0 Å². The van der Waals surface area contributed by atoms with Crippen molar-refractivity contribution in [2.24, 2.45) is 10.4 Å². The van der Waals surface area contributed by atoms with Crippen LogP contribution >= 0.6 is 24.0 Å². The van der Waals surface area contributed by atoms with Crippen LogP contribution in [0.1, 0.15) is 26.3 Å². The van der Waals surface area contributed by atoms with Crippen molar-refractivity contribution < 1.29 is 23.0 Å². The van der Waals surface area contributed by atoms with E-state index < -0.39 is 6.61 Å². The zero-order valence-corrected chi connectivity index (χ0v) is 19.9. The summed E-state index contributed by atoms with van der Waals surface area (Å²) >= 11 is 0. The van der Waals surface area contributed by atoms with E-state index in [9.17, 15) is 8.78 Å². The Labute approximate surface area is 188 Å². The van der Waals surface area contributed by atoms with Gasteiger partial charge in [0.15, 0.2) is 17.5 Å². The van der Waals surface area contributed by atoms with Gasteiger partial charge < -0.3 is 29.7 Å². The molecular formula is C19H31F2IN4O3. The number of hydrogen-bond donors (Lipinski definition) is 2. The third-order valence-electron chi connectivity index (χ3n) is 4.00. The third kappa shape index (κ3) is 8.37. The second kappa shape index (κ2) is 11.6. The predicted molar refractivity (Wildman–Crippen MR) is 120 cm³/mol. The van der Waals surface area contributed by atoms with E-state index in [0.29, 0.717) is 36.1 Å². The lowest BCUT2D eigenvalue weighted by molar-refractivity contribution is -0.0505. The number of ether oxygens (including phenoxy) is 3. The molecule has 166 valence electrons. The number of fused-ring (bicyclic) bond motifs is 1. The Kier molecular flexibility index (Phi) is 10.2. The van der Waals surface area contributed by atoms with Gasteiger partial charge in [0.1, 0.15) is 5.75 Å². The van der Waals surface area contributed by atoms with Crippen LogP contribution < -0.4 is 24.8 Å². The summed E-state index contributed by atoms with van der Waals surface area (Å²) in [4.78, 5) is 6.65. The van der Waals surface area contributed by atoms with Crippen LogP contribution in [0.2, 0.25) is 0 Å². The van der Waals surface area contributed by atoms with Gasteiger partial charge in [-0.3, -0.25) is 0 Å². The first kappa shape index (κ1) is 25.5. The van der Waals surface area contributed by atoms with Crippen LogP contribution in [0.15, 0.2) is 17.1 Å². The minimum absolute atomic E-state index is 0. The first-order chi connectivity index (χ1) is 13.2. The smallest absolute Gasteiger partial charge is 0.387 e. The standard InChI is InChI=1S/C19H30F2N4O3.HI/c1-6-22-18(24-10-19(2,3)11-25(4)5)23-9-13-7-15-16(27-12-26-15)8-14(13)28-17(20)21;/h7-8,17H,6,9-12H2,1-5H3,(H2,22,23,24);1H. The molecule has 0 saturated carbocycles. The van der Waals surface area contributed by atoms with Gasteiger partial charge in [-0.1, -0.05) is 13.8 Å². The van der Waals surface area contributed by atoms with Crippen molar-refractivity contribution >= 4 is 29.9 Å². The number of aliphatic imine (C=N–C) groups is 1. The number of hydrogen-bond acceptors (Lipinski definition) is 5. The average Bonchev–Trinajstić information content (AvgIpc) is 3.02. The minimum atomic E-state index is -2.93. The summed E-state index contributed by atoms with van der Waals surface area (Å²) in [6, 6.07) is 3.04. The molecule has 0 radical (unpaired) electrons. The molecule has 0 spiro atoms. The fourth-order valence-electron chi connectivity index (χ4n) is 3.04. The summed E-state index contributed by atoms with van der Waals surface area (Å²) in [7, 11) is 4.07. The van der Waals surface area contributed by atoms with Gasteiger partial charge >= 0.3 is 6.61 Å². The van der Waals surface area contributed by atoms with Crippen LogP contribution in [0.25, 0.3) is 0 Å². The van der Waals surface area contributed by atoms with Crippen molar-refractivity contribution in [3.8, 4) is 17.2 Å². The van der Waals surface area contributed by atoms with Gasteiger partial charge in [-0.15, -0.1) is 24.0 Å². The van der Waals surface area contributed by atoms with Crippen molar-refractivity contribution in [1.82, 2.24) is 15.5 Å². The monoisotopic (exact) mass is 528 g/mol. The molecule has 0 aromatic heterocycles. The van der Waals surface area contributed by atoms with Crippen LogP contribution in [-0.4, -0.2) is 58.0 Å². The van der Waals surface area contributed by atoms with Crippen LogP contribution in [0.4, 0.5) is 8.78 Å². The molecule has 0 bridgehead atoms. The van der Waals surface area contributed by atoms with Crippen molar-refractivity contribution in [3.05, 3.63) is 17.7 Å². The summed E-state index contributed by atoms with van der Waals surface area (Å²) in [6.07, 6.45) is 0. The lowest BCUT2D eigenvalue weighted by atomic mass is 9.93. The minimum Gasteiger partial charge on any atom is -0.454 e. The van der Waals surface area contributed by atoms with Crippen molar-refractivity contribution in [3.63, 3.8) is 0 Å². The van der Waals surface area contributed by atoms with E-state index in [1.165, 1.54) is 6.07 Å². The molecule has 0 unspecified atom stereocenters. The zero-order valence-electron chi connectivity index (χ0n) is 17.6. The summed E-state index contributed by atoms with van der Waals surface area (Å²) in [6.45, 7) is 5.87. The number of alkyl halides is 2. The third-order valence-corrected chi connectivity index (χ3v) is 4.00. The molecule has 1 aliphatic heterocycles. The van der Waals surface area contributed by atoms with Crippen LogP contribution in [0.5, 0.6) is 17.2 Å². The van der Waals surface area contributed by atoms with Gasteiger partial charge in [0, 0.05) is 31.3 Å². The van der Waals surface area contributed by atoms with Gasteiger partial charge in [0.2, 0.25) is 6.79 Å². The van der Waals surface area contributed by atoms with Gasteiger partial charge in [-0.25, -0.2) is 4.99 Å². The highest BCUT2D eigenvalue weighted by Gasteiger charge is 2.21. The first-order valence-corrected chi connectivity index (χ1v) is 9.24. The lowest BCUT2D eigenvalue weighted by Gasteiger charge is -2.29. The van der Waals surface area contributed by atoms with E-state index in [-0.39, 0.29) is 48.5 Å². The fraction of sp³-hybridized carbons (Fsp3) is 0.632. The number of guanidine groups is 1. The molecule has 2 N–H and O–H groups in total. The number of benzene rings is 1. The van der Waals surface area contributed by atoms with Crippen molar-refractivity contribution in [2.75, 3.05) is 40.5 Å². The van der Waals surface area contributed by atoms with Crippen molar-refractivity contribution in [2.45, 2.75) is 33.9 Å². The molecule has 7 nitrogen and oxygen atoms in total. The van der Waals surface area contributed by atoms with Gasteiger partial charge in [0.05, 0.1) is 6.54 Å². The Morgan fingerprint density at radius 1 is 1.24 bits per heavy atom. The topological polar surface area (TPSA) is 67.4 Å². The molecule has 2 rings (SSSR count). The van der Waals surface area contributed by atoms with E-state index in [1.54, 1.807) is 6.07 Å². The number of rotatable bonds is 9. The number of nitrogens with zero attached hydrogens (tertiary/aromatic N) is 2. The summed E-state index contributed by atoms with van der Waals surface area (Å²) in [5.41, 5.74) is 0.525. The van der Waals surface area contributed by atoms with E-state index in [4.69, 9.17) is 9.47 Å². The molecule has 1 aromatic rings. The van der Waals surface area contributed by atoms with Crippen LogP contribution in [0, 0.1) is 5.41 Å². The first-order valence-electron chi connectivity index (χ1n) is 9.24. The second-order valence-electron chi connectivity index (χ2n) is 7.64. The molecule has 0 amide bonds. The zero-order chi connectivity index (χ0) is 20.7. The van der Waals surface area contributed by atoms with Crippen molar-refractivity contribution in [1.29, 1.82) is 0 Å².